The Hall–Kier alpha value is -2.55. The van der Waals surface area contributed by atoms with E-state index in [9.17, 15) is 23.3 Å². The van der Waals surface area contributed by atoms with E-state index in [1.165, 1.54) is 11.3 Å². The van der Waals surface area contributed by atoms with Gasteiger partial charge in [0.15, 0.2) is 11.8 Å². The predicted octanol–water partition coefficient (Wildman–Crippen LogP) is 3.43. The standard InChI is InChI=1S/C18H20F3N3O3/c19-18(20,21)13-6-7-14(15(11-13)24(25)26)22-12-16(17-5-4-10-27-17)23-8-2-1-3-9-23/h4-7,10-11,16,22H,1-3,8-9,12H2/p+1/t16-/m0/s1. The number of nitrogens with one attached hydrogen (secondary N) is 2. The lowest BCUT2D eigenvalue weighted by Gasteiger charge is -2.30. The fourth-order valence-electron chi connectivity index (χ4n) is 3.51. The van der Waals surface area contributed by atoms with E-state index < -0.39 is 22.4 Å². The van der Waals surface area contributed by atoms with Crippen molar-refractivity contribution in [1.29, 1.82) is 0 Å². The summed E-state index contributed by atoms with van der Waals surface area (Å²) in [5.74, 6) is 0.758. The molecule has 0 spiro atoms. The number of hydrogen-bond acceptors (Lipinski definition) is 4. The molecule has 9 heteroatoms. The molecule has 0 radical (unpaired) electrons. The summed E-state index contributed by atoms with van der Waals surface area (Å²) in [6.45, 7) is 2.25. The predicted molar refractivity (Wildman–Crippen MR) is 92.6 cm³/mol. The number of furan rings is 1. The first-order valence-corrected chi connectivity index (χ1v) is 8.84. The molecule has 1 aromatic carbocycles. The number of hydrogen-bond donors (Lipinski definition) is 2. The average molecular weight is 384 g/mol. The van der Waals surface area contributed by atoms with Crippen LogP contribution in [0.25, 0.3) is 0 Å². The molecule has 1 saturated heterocycles. The van der Waals surface area contributed by atoms with Crippen LogP contribution in [0.15, 0.2) is 41.0 Å². The van der Waals surface area contributed by atoms with Crippen molar-refractivity contribution in [1.82, 2.24) is 0 Å². The number of nitro benzene ring substituents is 1. The summed E-state index contributed by atoms with van der Waals surface area (Å²) in [4.78, 5) is 11.8. The van der Waals surface area contributed by atoms with Crippen molar-refractivity contribution in [2.75, 3.05) is 25.0 Å². The summed E-state index contributed by atoms with van der Waals surface area (Å²) in [7, 11) is 0. The zero-order chi connectivity index (χ0) is 19.4. The Morgan fingerprint density at radius 2 is 1.96 bits per heavy atom. The van der Waals surface area contributed by atoms with Gasteiger partial charge in [-0.2, -0.15) is 13.2 Å². The molecule has 6 nitrogen and oxygen atoms in total. The lowest BCUT2D eigenvalue weighted by molar-refractivity contribution is -0.935. The molecule has 0 amide bonds. The van der Waals surface area contributed by atoms with Crippen molar-refractivity contribution < 1.29 is 27.4 Å². The molecule has 1 fully saturated rings. The molecule has 2 heterocycles. The van der Waals surface area contributed by atoms with Crippen LogP contribution in [0.4, 0.5) is 24.5 Å². The molecule has 1 aliphatic rings. The Bertz CT molecular complexity index is 772. The lowest BCUT2D eigenvalue weighted by Crippen LogP contribution is -3.13. The molecule has 0 aliphatic carbocycles. The Kier molecular flexibility index (Phi) is 5.69. The highest BCUT2D eigenvalue weighted by Crippen LogP contribution is 2.35. The van der Waals surface area contributed by atoms with E-state index in [4.69, 9.17) is 4.42 Å². The first-order chi connectivity index (χ1) is 12.9. The molecular weight excluding hydrogens is 363 g/mol. The molecule has 0 saturated carbocycles. The average Bonchev–Trinajstić information content (AvgIpc) is 3.16. The molecule has 1 aromatic heterocycles. The van der Waals surface area contributed by atoms with Crippen molar-refractivity contribution in [2.45, 2.75) is 31.5 Å². The highest BCUT2D eigenvalue weighted by atomic mass is 19.4. The van der Waals surface area contributed by atoms with Crippen LogP contribution in [0, 0.1) is 10.1 Å². The summed E-state index contributed by atoms with van der Waals surface area (Å²) in [5.41, 5.74) is -1.55. The second kappa shape index (κ2) is 7.99. The van der Waals surface area contributed by atoms with Gasteiger partial charge in [-0.3, -0.25) is 10.1 Å². The van der Waals surface area contributed by atoms with E-state index >= 15 is 0 Å². The van der Waals surface area contributed by atoms with Gasteiger partial charge < -0.3 is 14.6 Å². The molecule has 0 unspecified atom stereocenters. The topological polar surface area (TPSA) is 72.8 Å². The smallest absolute Gasteiger partial charge is 0.416 e. The Morgan fingerprint density at radius 1 is 1.22 bits per heavy atom. The third-order valence-corrected chi connectivity index (χ3v) is 4.89. The fourth-order valence-corrected chi connectivity index (χ4v) is 3.51. The molecule has 146 valence electrons. The molecule has 27 heavy (non-hydrogen) atoms. The monoisotopic (exact) mass is 384 g/mol. The van der Waals surface area contributed by atoms with E-state index in [1.807, 2.05) is 6.07 Å². The van der Waals surface area contributed by atoms with Crippen LogP contribution < -0.4 is 10.2 Å². The Balaban J connectivity index is 1.81. The normalized spacial score (nSPS) is 16.9. The van der Waals surface area contributed by atoms with Gasteiger partial charge in [-0.15, -0.1) is 0 Å². The number of rotatable bonds is 6. The Morgan fingerprint density at radius 3 is 2.56 bits per heavy atom. The number of anilines is 1. The third-order valence-electron chi connectivity index (χ3n) is 4.89. The highest BCUT2D eigenvalue weighted by Gasteiger charge is 2.34. The minimum absolute atomic E-state index is 0.0674. The molecule has 2 N–H and O–H groups in total. The number of halogens is 3. The zero-order valence-corrected chi connectivity index (χ0v) is 14.6. The summed E-state index contributed by atoms with van der Waals surface area (Å²) < 4.78 is 44.1. The first kappa shape index (κ1) is 19.2. The summed E-state index contributed by atoms with van der Waals surface area (Å²) >= 11 is 0. The third kappa shape index (κ3) is 4.60. The van der Waals surface area contributed by atoms with Gasteiger partial charge in [0.05, 0.1) is 36.4 Å². The van der Waals surface area contributed by atoms with E-state index in [0.29, 0.717) is 12.6 Å². The van der Waals surface area contributed by atoms with Gasteiger partial charge in [-0.05, 0) is 43.5 Å². The number of likely N-dealkylation sites (tertiary alicyclic amines) is 1. The number of quaternary nitrogens is 1. The lowest BCUT2D eigenvalue weighted by atomic mass is 10.1. The number of alkyl halides is 3. The van der Waals surface area contributed by atoms with Crippen LogP contribution in [-0.2, 0) is 6.18 Å². The van der Waals surface area contributed by atoms with Gasteiger partial charge in [0.25, 0.3) is 5.69 Å². The van der Waals surface area contributed by atoms with E-state index in [1.54, 1.807) is 12.3 Å². The van der Waals surface area contributed by atoms with Gasteiger partial charge in [-0.1, -0.05) is 0 Å². The maximum absolute atomic E-state index is 12.8. The zero-order valence-electron chi connectivity index (χ0n) is 14.6. The Labute approximate surface area is 154 Å². The van der Waals surface area contributed by atoms with Crippen molar-refractivity contribution >= 4 is 11.4 Å². The second-order valence-corrected chi connectivity index (χ2v) is 6.65. The largest absolute Gasteiger partial charge is 0.463 e. The second-order valence-electron chi connectivity index (χ2n) is 6.65. The molecule has 2 aromatic rings. The van der Waals surface area contributed by atoms with Gasteiger partial charge in [0, 0.05) is 6.07 Å². The summed E-state index contributed by atoms with van der Waals surface area (Å²) in [6.07, 6.45) is 0.302. The van der Waals surface area contributed by atoms with Crippen LogP contribution in [-0.4, -0.2) is 24.6 Å². The molecule has 1 atom stereocenters. The first-order valence-electron chi connectivity index (χ1n) is 8.84. The quantitative estimate of drug-likeness (QED) is 0.591. The highest BCUT2D eigenvalue weighted by molar-refractivity contribution is 5.63. The number of piperidine rings is 1. The van der Waals surface area contributed by atoms with Crippen molar-refractivity contribution in [2.24, 2.45) is 0 Å². The summed E-state index contributed by atoms with van der Waals surface area (Å²) in [5, 5.41) is 14.2. The SMILES string of the molecule is O=[N+]([O-])c1cc(C(F)(F)F)ccc1NC[C@@H](c1ccco1)[NH+]1CCCCC1. The van der Waals surface area contributed by atoms with E-state index in [2.05, 4.69) is 5.32 Å². The van der Waals surface area contributed by atoms with Crippen molar-refractivity contribution in [3.8, 4) is 0 Å². The number of nitro groups is 1. The van der Waals surface area contributed by atoms with Crippen LogP contribution >= 0.6 is 0 Å². The van der Waals surface area contributed by atoms with Gasteiger partial charge in [-0.25, -0.2) is 0 Å². The van der Waals surface area contributed by atoms with Crippen molar-refractivity contribution in [3.05, 3.63) is 58.0 Å². The fraction of sp³-hybridized carbons (Fsp3) is 0.444. The van der Waals surface area contributed by atoms with Gasteiger partial charge in [0.2, 0.25) is 0 Å². The van der Waals surface area contributed by atoms with Crippen molar-refractivity contribution in [3.63, 3.8) is 0 Å². The maximum Gasteiger partial charge on any atom is 0.416 e. The van der Waals surface area contributed by atoms with Crippen LogP contribution in [0.3, 0.4) is 0 Å². The minimum atomic E-state index is -4.63. The summed E-state index contributed by atoms with van der Waals surface area (Å²) in [6, 6.07) is 6.11. The molecule has 1 aliphatic heterocycles. The van der Waals surface area contributed by atoms with Crippen LogP contribution in [0.2, 0.25) is 0 Å². The number of benzene rings is 1. The molecule has 3 rings (SSSR count). The minimum Gasteiger partial charge on any atom is -0.463 e. The van der Waals surface area contributed by atoms with Gasteiger partial charge >= 0.3 is 6.18 Å². The maximum atomic E-state index is 12.8. The van der Waals surface area contributed by atoms with Crippen LogP contribution in [0.1, 0.15) is 36.6 Å². The van der Waals surface area contributed by atoms with Crippen LogP contribution in [0.5, 0.6) is 0 Å². The van der Waals surface area contributed by atoms with E-state index in [-0.39, 0.29) is 11.7 Å². The molecular formula is C18H21F3N3O3+. The van der Waals surface area contributed by atoms with Gasteiger partial charge in [0.1, 0.15) is 5.69 Å². The molecule has 0 bridgehead atoms. The number of nitrogens with zero attached hydrogens (tertiary/aromatic N) is 1. The van der Waals surface area contributed by atoms with E-state index in [0.717, 1.165) is 43.8 Å².